The molecule has 34 heavy (non-hydrogen) atoms. The van der Waals surface area contributed by atoms with Gasteiger partial charge in [0.05, 0.1) is 6.54 Å². The van der Waals surface area contributed by atoms with Gasteiger partial charge in [-0.2, -0.15) is 0 Å². The Morgan fingerprint density at radius 3 is 2.74 bits per heavy atom. The number of carbonyl (C=O) groups excluding carboxylic acids is 1. The predicted octanol–water partition coefficient (Wildman–Crippen LogP) is 3.05. The number of piperidine rings is 1. The van der Waals surface area contributed by atoms with Gasteiger partial charge in [-0.1, -0.05) is 35.7 Å². The maximum absolute atomic E-state index is 12.6. The summed E-state index contributed by atoms with van der Waals surface area (Å²) in [7, 11) is 4.06. The summed E-state index contributed by atoms with van der Waals surface area (Å²) in [6.45, 7) is 2.97. The highest BCUT2D eigenvalue weighted by Gasteiger charge is 2.26. The number of tetrazole rings is 1. The van der Waals surface area contributed by atoms with E-state index < -0.39 is 0 Å². The van der Waals surface area contributed by atoms with Crippen LogP contribution in [0, 0.1) is 0 Å². The van der Waals surface area contributed by atoms with Gasteiger partial charge in [0.2, 0.25) is 5.16 Å². The number of aryl methyl sites for hydroxylation is 1. The zero-order chi connectivity index (χ0) is 23.8. The van der Waals surface area contributed by atoms with Gasteiger partial charge in [0.1, 0.15) is 5.75 Å². The molecule has 0 radical (unpaired) electrons. The van der Waals surface area contributed by atoms with Crippen molar-refractivity contribution in [1.29, 1.82) is 0 Å². The first-order valence-electron chi connectivity index (χ1n) is 11.3. The number of aromatic nitrogens is 6. The van der Waals surface area contributed by atoms with Crippen LogP contribution in [0.3, 0.4) is 0 Å². The minimum atomic E-state index is -0.291. The smallest absolute Gasteiger partial charge is 0.410 e. The van der Waals surface area contributed by atoms with Gasteiger partial charge in [-0.3, -0.25) is 0 Å². The molecule has 12 heteroatoms. The van der Waals surface area contributed by atoms with Gasteiger partial charge in [-0.25, -0.2) is 14.5 Å². The molecule has 1 fully saturated rings. The highest BCUT2D eigenvalue weighted by atomic mass is 32.2. The molecule has 0 unspecified atom stereocenters. The van der Waals surface area contributed by atoms with Crippen LogP contribution in [0.2, 0.25) is 0 Å². The Morgan fingerprint density at radius 2 is 2.03 bits per heavy atom. The second-order valence-corrected chi connectivity index (χ2v) is 10.6. The molecule has 4 rings (SSSR count). The minimum Gasteiger partial charge on any atom is -0.410 e. The molecule has 0 saturated carbocycles. The lowest BCUT2D eigenvalue weighted by Crippen LogP contribution is -2.41. The van der Waals surface area contributed by atoms with Gasteiger partial charge in [-0.05, 0) is 61.5 Å². The molecular weight excluding hydrogens is 472 g/mol. The van der Waals surface area contributed by atoms with Gasteiger partial charge in [0, 0.05) is 43.0 Å². The number of imidazole rings is 1. The number of thioether (sulfide) groups is 2. The van der Waals surface area contributed by atoms with Crippen molar-refractivity contribution in [2.75, 3.05) is 39.5 Å². The van der Waals surface area contributed by atoms with Crippen molar-refractivity contribution in [3.8, 4) is 5.75 Å². The van der Waals surface area contributed by atoms with Crippen LogP contribution in [0.5, 0.6) is 5.75 Å². The Hall–Kier alpha value is -2.57. The van der Waals surface area contributed by atoms with Crippen LogP contribution in [0.15, 0.2) is 47.0 Å². The molecule has 1 aliphatic rings. The molecule has 182 valence electrons. The first-order valence-corrected chi connectivity index (χ1v) is 13.2. The zero-order valence-corrected chi connectivity index (χ0v) is 21.1. The van der Waals surface area contributed by atoms with E-state index in [9.17, 15) is 4.79 Å². The van der Waals surface area contributed by atoms with Gasteiger partial charge in [0.15, 0.2) is 5.16 Å². The first-order chi connectivity index (χ1) is 16.6. The minimum absolute atomic E-state index is 0.291. The number of carbonyl (C=O) groups is 1. The quantitative estimate of drug-likeness (QED) is 0.419. The molecule has 0 spiro atoms. The van der Waals surface area contributed by atoms with Crippen LogP contribution in [0.4, 0.5) is 4.79 Å². The van der Waals surface area contributed by atoms with Crippen molar-refractivity contribution in [3.63, 3.8) is 0 Å². The second kappa shape index (κ2) is 12.2. The number of hydrogen-bond acceptors (Lipinski definition) is 9. The summed E-state index contributed by atoms with van der Waals surface area (Å²) in [5, 5.41) is 14.2. The fourth-order valence-electron chi connectivity index (χ4n) is 3.51. The maximum Gasteiger partial charge on any atom is 0.415 e. The highest BCUT2D eigenvalue weighted by molar-refractivity contribution is 7.99. The van der Waals surface area contributed by atoms with Crippen LogP contribution >= 0.6 is 23.5 Å². The van der Waals surface area contributed by atoms with E-state index >= 15 is 0 Å². The lowest BCUT2D eigenvalue weighted by Gasteiger charge is -2.30. The summed E-state index contributed by atoms with van der Waals surface area (Å²) in [4.78, 5) is 23.8. The van der Waals surface area contributed by atoms with Crippen LogP contribution in [0.25, 0.3) is 0 Å². The fraction of sp³-hybridized carbons (Fsp3) is 0.500. The average molecular weight is 503 g/mol. The third kappa shape index (κ3) is 7.21. The number of H-pyrrole nitrogens is 1. The van der Waals surface area contributed by atoms with Crippen molar-refractivity contribution in [3.05, 3.63) is 42.2 Å². The molecule has 0 aliphatic carbocycles. The van der Waals surface area contributed by atoms with Gasteiger partial charge in [0.25, 0.3) is 0 Å². The molecule has 1 aromatic carbocycles. The largest absolute Gasteiger partial charge is 0.415 e. The Morgan fingerprint density at radius 1 is 1.24 bits per heavy atom. The van der Waals surface area contributed by atoms with E-state index in [1.807, 2.05) is 49.2 Å². The second-order valence-electron chi connectivity index (χ2n) is 8.30. The number of amides is 1. The van der Waals surface area contributed by atoms with E-state index in [1.54, 1.807) is 34.6 Å². The average Bonchev–Trinajstić information content (AvgIpc) is 3.51. The number of likely N-dealkylation sites (tertiary alicyclic amines) is 1. The SMILES string of the molecule is CN(C)CCn1nnnc1SC1CCN(C(=O)Oc2ccc(CCSc3ncc[nH]3)cc2)CC1. The maximum atomic E-state index is 12.6. The van der Waals surface area contributed by atoms with E-state index in [0.29, 0.717) is 24.1 Å². The molecule has 3 heterocycles. The summed E-state index contributed by atoms with van der Waals surface area (Å²) >= 11 is 3.38. The molecule has 3 aromatic rings. The van der Waals surface area contributed by atoms with E-state index in [0.717, 1.165) is 48.4 Å². The highest BCUT2D eigenvalue weighted by Crippen LogP contribution is 2.29. The van der Waals surface area contributed by atoms with Crippen LogP contribution in [-0.2, 0) is 13.0 Å². The number of benzene rings is 1. The number of ether oxygens (including phenoxy) is 1. The van der Waals surface area contributed by atoms with Crippen molar-refractivity contribution in [2.45, 2.75) is 41.4 Å². The Bertz CT molecular complexity index is 1020. The topological polar surface area (TPSA) is 105 Å². The van der Waals surface area contributed by atoms with Crippen molar-refractivity contribution >= 4 is 29.6 Å². The van der Waals surface area contributed by atoms with E-state index in [-0.39, 0.29) is 6.09 Å². The molecule has 1 saturated heterocycles. The molecule has 0 atom stereocenters. The van der Waals surface area contributed by atoms with Crippen molar-refractivity contribution < 1.29 is 9.53 Å². The lowest BCUT2D eigenvalue weighted by molar-refractivity contribution is 0.143. The zero-order valence-electron chi connectivity index (χ0n) is 19.5. The number of hydrogen-bond donors (Lipinski definition) is 1. The van der Waals surface area contributed by atoms with E-state index in [2.05, 4.69) is 30.4 Å². The summed E-state index contributed by atoms with van der Waals surface area (Å²) in [6.07, 6.45) is 5.97. The summed E-state index contributed by atoms with van der Waals surface area (Å²) in [6, 6.07) is 7.74. The summed E-state index contributed by atoms with van der Waals surface area (Å²) in [5.41, 5.74) is 1.20. The Balaban J connectivity index is 1.18. The number of aromatic amines is 1. The van der Waals surface area contributed by atoms with Crippen molar-refractivity contribution in [2.24, 2.45) is 0 Å². The number of rotatable bonds is 10. The third-order valence-corrected chi connectivity index (χ3v) is 7.67. The summed E-state index contributed by atoms with van der Waals surface area (Å²) < 4.78 is 7.46. The van der Waals surface area contributed by atoms with Gasteiger partial charge in [-0.15, -0.1) is 5.10 Å². The molecule has 10 nitrogen and oxygen atoms in total. The molecule has 1 amide bonds. The van der Waals surface area contributed by atoms with Gasteiger partial charge >= 0.3 is 6.09 Å². The van der Waals surface area contributed by atoms with E-state index in [4.69, 9.17) is 4.74 Å². The number of likely N-dealkylation sites (N-methyl/N-ethyl adjacent to an activating group) is 1. The molecule has 2 aromatic heterocycles. The standard InChI is InChI=1S/C22H30N8O2S2/c1-28(2)14-15-30-21(25-26-27-30)34-19-7-12-29(13-8-19)22(31)32-18-5-3-17(4-6-18)9-16-33-20-23-10-11-24-20/h3-6,10-11,19H,7-9,12-16H2,1-2H3,(H,23,24). The number of nitrogens with zero attached hydrogens (tertiary/aromatic N) is 7. The fourth-order valence-corrected chi connectivity index (χ4v) is 5.40. The molecule has 1 N–H and O–H groups in total. The molecule has 0 bridgehead atoms. The van der Waals surface area contributed by atoms with Crippen LogP contribution in [0.1, 0.15) is 18.4 Å². The summed E-state index contributed by atoms with van der Waals surface area (Å²) in [5.74, 6) is 1.51. The lowest BCUT2D eigenvalue weighted by atomic mass is 10.1. The Kier molecular flexibility index (Phi) is 8.83. The molecular formula is C22H30N8O2S2. The van der Waals surface area contributed by atoms with Crippen LogP contribution in [-0.4, -0.2) is 90.8 Å². The monoisotopic (exact) mass is 502 g/mol. The molecule has 1 aliphatic heterocycles. The first kappa shape index (κ1) is 24.6. The third-order valence-electron chi connectivity index (χ3n) is 5.46. The number of nitrogens with one attached hydrogen (secondary N) is 1. The van der Waals surface area contributed by atoms with Crippen LogP contribution < -0.4 is 4.74 Å². The van der Waals surface area contributed by atoms with Gasteiger partial charge < -0.3 is 19.5 Å². The van der Waals surface area contributed by atoms with Crippen molar-refractivity contribution in [1.82, 2.24) is 40.0 Å². The normalized spacial score (nSPS) is 14.6. The Labute approximate surface area is 207 Å². The van der Waals surface area contributed by atoms with E-state index in [1.165, 1.54) is 5.56 Å². The predicted molar refractivity (Wildman–Crippen MR) is 132 cm³/mol.